The zero-order valence-electron chi connectivity index (χ0n) is 9.06. The van der Waals surface area contributed by atoms with Crippen LogP contribution in [0, 0.1) is 0 Å². The number of hydrogen-bond acceptors (Lipinski definition) is 3. The average molecular weight is 254 g/mol. The van der Waals surface area contributed by atoms with Crippen molar-refractivity contribution in [2.45, 2.75) is 0 Å². The molecule has 2 aromatic rings. The molecule has 0 aliphatic carbocycles. The Morgan fingerprint density at radius 2 is 0.824 bits per heavy atom. The second-order valence-corrected chi connectivity index (χ2v) is 3.54. The van der Waals surface area contributed by atoms with Crippen molar-refractivity contribution < 1.29 is 20.2 Å². The van der Waals surface area contributed by atoms with E-state index in [2.05, 4.69) is 48.5 Å². The summed E-state index contributed by atoms with van der Waals surface area (Å²) in [5.41, 5.74) is 2.55. The quantitative estimate of drug-likeness (QED) is 0.676. The monoisotopic (exact) mass is 254 g/mol. The normalized spacial score (nSPS) is 8.94. The standard InChI is InChI=1S/C12H10.H3O3P.H2O/c1-3-7-11(8-4-1)12-9-5-2-6-10-12;1-4(2)3;/h1-10H;1-3H;1H2. The molecule has 0 saturated heterocycles. The Hall–Kier alpha value is -1.29. The molecule has 5 N–H and O–H groups in total. The molecule has 0 aliphatic rings. The minimum atomic E-state index is -2.62. The van der Waals surface area contributed by atoms with E-state index < -0.39 is 8.60 Å². The summed E-state index contributed by atoms with van der Waals surface area (Å²) < 4.78 is 0. The van der Waals surface area contributed by atoms with Gasteiger partial charge in [0.1, 0.15) is 0 Å². The molecule has 0 amide bonds. The number of rotatable bonds is 1. The highest BCUT2D eigenvalue weighted by atomic mass is 31.2. The van der Waals surface area contributed by atoms with Gasteiger partial charge in [-0.2, -0.15) is 0 Å². The molecule has 0 spiro atoms. The van der Waals surface area contributed by atoms with Crippen molar-refractivity contribution >= 4 is 8.60 Å². The van der Waals surface area contributed by atoms with E-state index in [0.29, 0.717) is 0 Å². The van der Waals surface area contributed by atoms with Gasteiger partial charge in [0.2, 0.25) is 0 Å². The van der Waals surface area contributed by atoms with Gasteiger partial charge in [0, 0.05) is 0 Å². The predicted octanol–water partition coefficient (Wildman–Crippen LogP) is 1.72. The first-order valence-corrected chi connectivity index (χ1v) is 5.87. The van der Waals surface area contributed by atoms with Crippen LogP contribution in [0.5, 0.6) is 0 Å². The molecule has 0 radical (unpaired) electrons. The maximum Gasteiger partial charge on any atom is 0.324 e. The van der Waals surface area contributed by atoms with Crippen LogP contribution in [0.4, 0.5) is 0 Å². The summed E-state index contributed by atoms with van der Waals surface area (Å²) in [7, 11) is -2.62. The molecule has 0 unspecified atom stereocenters. The summed E-state index contributed by atoms with van der Waals surface area (Å²) in [4.78, 5) is 21.7. The molecule has 2 rings (SSSR count). The van der Waals surface area contributed by atoms with Crippen LogP contribution in [-0.2, 0) is 0 Å². The minimum absolute atomic E-state index is 0. The fourth-order valence-corrected chi connectivity index (χ4v) is 1.26. The van der Waals surface area contributed by atoms with E-state index in [1.807, 2.05) is 12.1 Å². The summed E-state index contributed by atoms with van der Waals surface area (Å²) in [6, 6.07) is 20.8. The van der Waals surface area contributed by atoms with Gasteiger partial charge in [0.25, 0.3) is 0 Å². The number of benzene rings is 2. The van der Waals surface area contributed by atoms with Crippen molar-refractivity contribution in [1.82, 2.24) is 0 Å². The summed E-state index contributed by atoms with van der Waals surface area (Å²) in [5, 5.41) is 0. The summed E-state index contributed by atoms with van der Waals surface area (Å²) in [6.07, 6.45) is 0. The average Bonchev–Trinajstić information content (AvgIpc) is 2.31. The second-order valence-electron chi connectivity index (χ2n) is 3.00. The van der Waals surface area contributed by atoms with E-state index in [1.165, 1.54) is 11.1 Å². The Morgan fingerprint density at radius 3 is 1.06 bits per heavy atom. The number of hydrogen-bond donors (Lipinski definition) is 3. The zero-order valence-corrected chi connectivity index (χ0v) is 9.96. The molecule has 92 valence electrons. The third kappa shape index (κ3) is 6.79. The fourth-order valence-electron chi connectivity index (χ4n) is 1.26. The topological polar surface area (TPSA) is 92.2 Å². The van der Waals surface area contributed by atoms with Gasteiger partial charge in [-0.05, 0) is 11.1 Å². The van der Waals surface area contributed by atoms with Crippen molar-refractivity contribution in [1.29, 1.82) is 0 Å². The predicted molar refractivity (Wildman–Crippen MR) is 69.1 cm³/mol. The molecule has 5 heteroatoms. The molecular formula is C12H15O4P. The van der Waals surface area contributed by atoms with Crippen LogP contribution >= 0.6 is 8.60 Å². The molecule has 0 saturated carbocycles. The molecule has 0 aliphatic heterocycles. The Kier molecular flexibility index (Phi) is 8.15. The van der Waals surface area contributed by atoms with Crippen LogP contribution in [-0.4, -0.2) is 20.2 Å². The van der Waals surface area contributed by atoms with Gasteiger partial charge in [-0.3, -0.25) is 0 Å². The van der Waals surface area contributed by atoms with Crippen molar-refractivity contribution in [3.05, 3.63) is 60.7 Å². The molecule has 2 aromatic carbocycles. The van der Waals surface area contributed by atoms with E-state index in [1.54, 1.807) is 0 Å². The van der Waals surface area contributed by atoms with Crippen LogP contribution in [0.3, 0.4) is 0 Å². The van der Waals surface area contributed by atoms with Gasteiger partial charge in [-0.15, -0.1) is 0 Å². The zero-order chi connectivity index (χ0) is 11.8. The van der Waals surface area contributed by atoms with Crippen molar-refractivity contribution in [3.63, 3.8) is 0 Å². The van der Waals surface area contributed by atoms with E-state index >= 15 is 0 Å². The molecule has 0 fully saturated rings. The van der Waals surface area contributed by atoms with E-state index in [-0.39, 0.29) is 5.48 Å². The molecule has 0 aromatic heterocycles. The minimum Gasteiger partial charge on any atom is -0.412 e. The summed E-state index contributed by atoms with van der Waals surface area (Å²) >= 11 is 0. The van der Waals surface area contributed by atoms with Gasteiger partial charge in [-0.1, -0.05) is 60.7 Å². The van der Waals surface area contributed by atoms with Gasteiger partial charge in [-0.25, -0.2) is 0 Å². The smallest absolute Gasteiger partial charge is 0.324 e. The van der Waals surface area contributed by atoms with E-state index in [9.17, 15) is 0 Å². The largest absolute Gasteiger partial charge is 0.412 e. The van der Waals surface area contributed by atoms with Gasteiger partial charge in [0.05, 0.1) is 0 Å². The highest BCUT2D eigenvalue weighted by Gasteiger charge is 1.91. The second kappa shape index (κ2) is 8.82. The maximum atomic E-state index is 7.23. The van der Waals surface area contributed by atoms with Crippen LogP contribution in [0.25, 0.3) is 11.1 Å². The SMILES string of the molecule is O.OP(O)O.c1ccc(-c2ccccc2)cc1. The third-order valence-corrected chi connectivity index (χ3v) is 1.88. The van der Waals surface area contributed by atoms with Crippen LogP contribution in [0.15, 0.2) is 60.7 Å². The summed E-state index contributed by atoms with van der Waals surface area (Å²) in [5.74, 6) is 0. The molecule has 0 atom stereocenters. The lowest BCUT2D eigenvalue weighted by molar-refractivity contribution is 0.368. The first kappa shape index (κ1) is 15.7. The van der Waals surface area contributed by atoms with Crippen molar-refractivity contribution in [3.8, 4) is 11.1 Å². The first-order valence-electron chi connectivity index (χ1n) is 4.67. The maximum absolute atomic E-state index is 7.23. The molecule has 0 heterocycles. The van der Waals surface area contributed by atoms with Gasteiger partial charge < -0.3 is 20.2 Å². The Labute approximate surface area is 101 Å². The lowest BCUT2D eigenvalue weighted by Gasteiger charge is -1.98. The van der Waals surface area contributed by atoms with Gasteiger partial charge in [0.15, 0.2) is 0 Å². The van der Waals surface area contributed by atoms with Gasteiger partial charge >= 0.3 is 8.60 Å². The fraction of sp³-hybridized carbons (Fsp3) is 0. The van der Waals surface area contributed by atoms with E-state index in [0.717, 1.165) is 0 Å². The molecule has 17 heavy (non-hydrogen) atoms. The van der Waals surface area contributed by atoms with Crippen molar-refractivity contribution in [2.24, 2.45) is 0 Å². The Bertz CT molecular complexity index is 352. The highest BCUT2D eigenvalue weighted by Crippen LogP contribution is 2.17. The van der Waals surface area contributed by atoms with Crippen LogP contribution in [0.1, 0.15) is 0 Å². The Balaban J connectivity index is 0.000000453. The lowest BCUT2D eigenvalue weighted by Crippen LogP contribution is -1.73. The van der Waals surface area contributed by atoms with Crippen LogP contribution in [0.2, 0.25) is 0 Å². The Morgan fingerprint density at radius 1 is 0.588 bits per heavy atom. The third-order valence-electron chi connectivity index (χ3n) is 1.88. The lowest BCUT2D eigenvalue weighted by atomic mass is 10.1. The van der Waals surface area contributed by atoms with E-state index in [4.69, 9.17) is 14.7 Å². The molecular weight excluding hydrogens is 239 g/mol. The summed E-state index contributed by atoms with van der Waals surface area (Å²) in [6.45, 7) is 0. The molecule has 4 nitrogen and oxygen atoms in total. The first-order chi connectivity index (χ1) is 7.70. The highest BCUT2D eigenvalue weighted by molar-refractivity contribution is 7.38. The van der Waals surface area contributed by atoms with Crippen molar-refractivity contribution in [2.75, 3.05) is 0 Å². The molecule has 0 bridgehead atoms. The van der Waals surface area contributed by atoms with Crippen LogP contribution < -0.4 is 0 Å².